The molecule has 0 aromatic carbocycles. The molecule has 1 fully saturated rings. The van der Waals surface area contributed by atoms with E-state index in [4.69, 9.17) is 9.15 Å². The number of furan rings is 1. The molecule has 6 nitrogen and oxygen atoms in total. The normalized spacial score (nSPS) is 26.6. The van der Waals surface area contributed by atoms with Gasteiger partial charge in [-0.2, -0.15) is 0 Å². The van der Waals surface area contributed by atoms with Gasteiger partial charge >= 0.3 is 5.97 Å². The average molecular weight is 269 g/mol. The number of methoxy groups -OCH3 is 1. The number of nitrogens with one attached hydrogen (secondary N) is 1. The van der Waals surface area contributed by atoms with Crippen LogP contribution in [-0.2, 0) is 16.0 Å². The summed E-state index contributed by atoms with van der Waals surface area (Å²) < 4.78 is 15.2. The Morgan fingerprint density at radius 2 is 2.42 bits per heavy atom. The Morgan fingerprint density at radius 1 is 1.63 bits per heavy atom. The van der Waals surface area contributed by atoms with Gasteiger partial charge in [0.2, 0.25) is 5.76 Å². The summed E-state index contributed by atoms with van der Waals surface area (Å²) >= 11 is 0. The van der Waals surface area contributed by atoms with Crippen LogP contribution in [-0.4, -0.2) is 43.0 Å². The van der Waals surface area contributed by atoms with Gasteiger partial charge in [-0.15, -0.1) is 0 Å². The first-order valence-corrected chi connectivity index (χ1v) is 6.27. The highest BCUT2D eigenvalue weighted by Gasteiger charge is 2.38. The van der Waals surface area contributed by atoms with E-state index in [-0.39, 0.29) is 11.9 Å². The molecule has 2 heterocycles. The predicted molar refractivity (Wildman–Crippen MR) is 66.7 cm³/mol. The zero-order valence-corrected chi connectivity index (χ0v) is 11.1. The van der Waals surface area contributed by atoms with Crippen molar-refractivity contribution in [2.75, 3.05) is 20.3 Å². The summed E-state index contributed by atoms with van der Waals surface area (Å²) in [6, 6.07) is 3.27. The van der Waals surface area contributed by atoms with E-state index in [1.54, 1.807) is 12.1 Å². The maximum absolute atomic E-state index is 11.2. The number of carbonyl (C=O) groups is 1. The van der Waals surface area contributed by atoms with Crippen LogP contribution in [0.15, 0.2) is 16.5 Å². The molecule has 2 unspecified atom stereocenters. The van der Waals surface area contributed by atoms with Crippen molar-refractivity contribution >= 4 is 5.97 Å². The number of ether oxygens (including phenoxy) is 2. The molecule has 1 aromatic rings. The minimum atomic E-state index is -0.836. The Bertz CT molecular complexity index is 444. The van der Waals surface area contributed by atoms with Crippen LogP contribution in [0.1, 0.15) is 29.7 Å². The summed E-state index contributed by atoms with van der Waals surface area (Å²) in [7, 11) is 1.31. The maximum Gasteiger partial charge on any atom is 0.373 e. The Hall–Kier alpha value is -1.37. The van der Waals surface area contributed by atoms with Gasteiger partial charge in [0.25, 0.3) is 0 Å². The van der Waals surface area contributed by atoms with Gasteiger partial charge < -0.3 is 24.3 Å². The second-order valence-corrected chi connectivity index (χ2v) is 4.73. The van der Waals surface area contributed by atoms with Crippen molar-refractivity contribution < 1.29 is 23.8 Å². The van der Waals surface area contributed by atoms with Crippen LogP contribution < -0.4 is 5.32 Å². The molecule has 19 heavy (non-hydrogen) atoms. The van der Waals surface area contributed by atoms with Crippen molar-refractivity contribution in [1.29, 1.82) is 0 Å². The topological polar surface area (TPSA) is 80.9 Å². The van der Waals surface area contributed by atoms with Crippen LogP contribution in [0, 0.1) is 0 Å². The monoisotopic (exact) mass is 269 g/mol. The van der Waals surface area contributed by atoms with Crippen LogP contribution in [0.2, 0.25) is 0 Å². The molecule has 2 rings (SSSR count). The second kappa shape index (κ2) is 5.73. The van der Waals surface area contributed by atoms with E-state index >= 15 is 0 Å². The Balaban J connectivity index is 1.83. The first-order valence-electron chi connectivity index (χ1n) is 6.27. The lowest BCUT2D eigenvalue weighted by Gasteiger charge is -2.26. The van der Waals surface area contributed by atoms with Gasteiger partial charge in [0.05, 0.1) is 19.8 Å². The van der Waals surface area contributed by atoms with Gasteiger partial charge in [-0.05, 0) is 19.1 Å². The summed E-state index contributed by atoms with van der Waals surface area (Å²) in [6.45, 7) is 3.29. The second-order valence-electron chi connectivity index (χ2n) is 4.73. The third-order valence-electron chi connectivity index (χ3n) is 3.44. The highest BCUT2D eigenvalue weighted by Crippen LogP contribution is 2.24. The van der Waals surface area contributed by atoms with Crippen LogP contribution in [0.5, 0.6) is 0 Å². The number of hydrogen-bond acceptors (Lipinski definition) is 6. The standard InChI is InChI=1S/C13H19NO5/c1-9-13(16,5-6-18-9)8-14-7-10-3-4-11(19-10)12(15)17-2/h3-4,9,14,16H,5-8H2,1-2H3. The predicted octanol–water partition coefficient (Wildman–Crippen LogP) is 0.696. The molecule has 0 radical (unpaired) electrons. The molecule has 1 saturated heterocycles. The highest BCUT2D eigenvalue weighted by atomic mass is 16.5. The third-order valence-corrected chi connectivity index (χ3v) is 3.44. The van der Waals surface area contributed by atoms with Crippen LogP contribution in [0.25, 0.3) is 0 Å². The lowest BCUT2D eigenvalue weighted by Crippen LogP contribution is -2.45. The summed E-state index contributed by atoms with van der Waals surface area (Å²) in [5.41, 5.74) is -0.836. The smallest absolute Gasteiger partial charge is 0.373 e. The third kappa shape index (κ3) is 3.15. The maximum atomic E-state index is 11.2. The van der Waals surface area contributed by atoms with Gasteiger partial charge in [-0.1, -0.05) is 0 Å². The van der Waals surface area contributed by atoms with Crippen molar-refractivity contribution in [3.05, 3.63) is 23.7 Å². The quantitative estimate of drug-likeness (QED) is 0.766. The molecule has 2 N–H and O–H groups in total. The number of aliphatic hydroxyl groups is 1. The number of hydrogen-bond donors (Lipinski definition) is 2. The van der Waals surface area contributed by atoms with Crippen molar-refractivity contribution in [3.63, 3.8) is 0 Å². The summed E-state index contributed by atoms with van der Waals surface area (Å²) in [4.78, 5) is 11.2. The number of carbonyl (C=O) groups excluding carboxylic acids is 1. The van der Waals surface area contributed by atoms with Gasteiger partial charge in [-0.3, -0.25) is 0 Å². The molecule has 0 aliphatic carbocycles. The average Bonchev–Trinajstić information content (AvgIpc) is 2.98. The van der Waals surface area contributed by atoms with E-state index in [9.17, 15) is 9.90 Å². The lowest BCUT2D eigenvalue weighted by molar-refractivity contribution is -0.0265. The first kappa shape index (κ1) is 14.0. The van der Waals surface area contributed by atoms with Gasteiger partial charge in [0, 0.05) is 19.6 Å². The fourth-order valence-corrected chi connectivity index (χ4v) is 2.09. The Labute approximate surface area is 111 Å². The molecule has 1 aliphatic heterocycles. The van der Waals surface area contributed by atoms with Crippen molar-refractivity contribution in [1.82, 2.24) is 5.32 Å². The van der Waals surface area contributed by atoms with Crippen LogP contribution in [0.3, 0.4) is 0 Å². The summed E-state index contributed by atoms with van der Waals surface area (Å²) in [5, 5.41) is 13.4. The van der Waals surface area contributed by atoms with Crippen molar-refractivity contribution in [2.24, 2.45) is 0 Å². The van der Waals surface area contributed by atoms with E-state index in [0.717, 1.165) is 0 Å². The molecule has 106 valence electrons. The fourth-order valence-electron chi connectivity index (χ4n) is 2.09. The summed E-state index contributed by atoms with van der Waals surface area (Å²) in [6.07, 6.45) is 0.439. The largest absolute Gasteiger partial charge is 0.463 e. The van der Waals surface area contributed by atoms with Gasteiger partial charge in [0.15, 0.2) is 0 Å². The van der Waals surface area contributed by atoms with Crippen LogP contribution in [0.4, 0.5) is 0 Å². The number of rotatable bonds is 5. The van der Waals surface area contributed by atoms with E-state index in [1.165, 1.54) is 7.11 Å². The first-order chi connectivity index (χ1) is 9.05. The molecule has 2 atom stereocenters. The van der Waals surface area contributed by atoms with Crippen LogP contribution >= 0.6 is 0 Å². The molecular formula is C13H19NO5. The molecule has 1 aromatic heterocycles. The molecular weight excluding hydrogens is 250 g/mol. The van der Waals surface area contributed by atoms with Gasteiger partial charge in [0.1, 0.15) is 11.4 Å². The molecule has 0 bridgehead atoms. The molecule has 1 aliphatic rings. The lowest BCUT2D eigenvalue weighted by atomic mass is 9.97. The minimum absolute atomic E-state index is 0.176. The Morgan fingerprint density at radius 3 is 3.05 bits per heavy atom. The minimum Gasteiger partial charge on any atom is -0.463 e. The van der Waals surface area contributed by atoms with E-state index < -0.39 is 11.6 Å². The molecule has 0 spiro atoms. The van der Waals surface area contributed by atoms with E-state index in [0.29, 0.717) is 31.9 Å². The zero-order valence-electron chi connectivity index (χ0n) is 11.1. The van der Waals surface area contributed by atoms with Gasteiger partial charge in [-0.25, -0.2) is 4.79 Å². The van der Waals surface area contributed by atoms with E-state index in [2.05, 4.69) is 10.1 Å². The molecule has 0 saturated carbocycles. The molecule has 0 amide bonds. The van der Waals surface area contributed by atoms with E-state index in [1.807, 2.05) is 6.92 Å². The fraction of sp³-hybridized carbons (Fsp3) is 0.615. The van der Waals surface area contributed by atoms with Crippen molar-refractivity contribution in [2.45, 2.75) is 31.6 Å². The highest BCUT2D eigenvalue weighted by molar-refractivity contribution is 5.86. The van der Waals surface area contributed by atoms with Crippen molar-refractivity contribution in [3.8, 4) is 0 Å². The molecule has 6 heteroatoms. The number of esters is 1. The SMILES string of the molecule is COC(=O)c1ccc(CNCC2(O)CCOC2C)o1. The Kier molecular flexibility index (Phi) is 4.24. The summed E-state index contributed by atoms with van der Waals surface area (Å²) in [5.74, 6) is 0.300. The zero-order chi connectivity index (χ0) is 13.9.